The fourth-order valence-electron chi connectivity index (χ4n) is 3.50. The highest BCUT2D eigenvalue weighted by Gasteiger charge is 2.10. The van der Waals surface area contributed by atoms with Crippen molar-refractivity contribution < 1.29 is 9.53 Å². The molecule has 0 saturated carbocycles. The lowest BCUT2D eigenvalue weighted by molar-refractivity contribution is 0.102. The normalized spacial score (nSPS) is 10.4. The number of rotatable bonds is 6. The van der Waals surface area contributed by atoms with Crippen molar-refractivity contribution in [3.63, 3.8) is 0 Å². The third kappa shape index (κ3) is 5.05. The van der Waals surface area contributed by atoms with Gasteiger partial charge in [0, 0.05) is 47.6 Å². The van der Waals surface area contributed by atoms with Gasteiger partial charge < -0.3 is 15.4 Å². The summed E-state index contributed by atoms with van der Waals surface area (Å²) in [6.07, 6.45) is 8.09. The minimum Gasteiger partial charge on any atom is -0.457 e. The average molecular weight is 458 g/mol. The number of fused-ring (bicyclic) bond motifs is 1. The first kappa shape index (κ1) is 21.6. The molecular weight excluding hydrogens is 440 g/mol. The van der Waals surface area contributed by atoms with Crippen LogP contribution in [0.15, 0.2) is 97.7 Å². The number of amides is 1. The van der Waals surface area contributed by atoms with Crippen molar-refractivity contribution >= 4 is 33.9 Å². The van der Waals surface area contributed by atoms with Crippen LogP contribution in [-0.4, -0.2) is 20.9 Å². The molecule has 0 saturated heterocycles. The quantitative estimate of drug-likeness (QED) is 0.336. The standard InChI is InChI=1S/C27H18N6O2/c28-15-18-4-5-25-24(12-18)26(8-11-31-25)32-21-13-19(16-30-17-21)27(34)33-20-2-1-3-23(14-20)35-22-6-9-29-10-7-22/h1-14,16-17H,(H,31,32)(H,33,34). The number of hydrogen-bond donors (Lipinski definition) is 2. The van der Waals surface area contributed by atoms with E-state index in [4.69, 9.17) is 4.74 Å². The number of ether oxygens (including phenoxy) is 1. The highest BCUT2D eigenvalue weighted by molar-refractivity contribution is 6.05. The Bertz CT molecular complexity index is 1560. The van der Waals surface area contributed by atoms with Gasteiger partial charge in [-0.25, -0.2) is 0 Å². The number of pyridine rings is 3. The van der Waals surface area contributed by atoms with E-state index in [9.17, 15) is 10.1 Å². The van der Waals surface area contributed by atoms with Crippen LogP contribution in [0.25, 0.3) is 10.9 Å². The lowest BCUT2D eigenvalue weighted by atomic mass is 10.1. The molecule has 2 aromatic carbocycles. The van der Waals surface area contributed by atoms with Crippen LogP contribution in [0.2, 0.25) is 0 Å². The molecule has 0 radical (unpaired) electrons. The minimum atomic E-state index is -0.312. The monoisotopic (exact) mass is 458 g/mol. The Labute approximate surface area is 200 Å². The number of aromatic nitrogens is 3. The molecule has 3 heterocycles. The molecule has 0 spiro atoms. The number of benzene rings is 2. The lowest BCUT2D eigenvalue weighted by Crippen LogP contribution is -2.12. The summed E-state index contributed by atoms with van der Waals surface area (Å²) in [5, 5.41) is 16.2. The molecule has 2 N–H and O–H groups in total. The molecule has 0 fully saturated rings. The first-order valence-electron chi connectivity index (χ1n) is 10.7. The van der Waals surface area contributed by atoms with E-state index in [1.54, 1.807) is 85.5 Å². The summed E-state index contributed by atoms with van der Waals surface area (Å²) in [7, 11) is 0. The molecule has 3 aromatic heterocycles. The van der Waals surface area contributed by atoms with Gasteiger partial charge in [0.25, 0.3) is 5.91 Å². The predicted molar refractivity (Wildman–Crippen MR) is 133 cm³/mol. The summed E-state index contributed by atoms with van der Waals surface area (Å²) in [6.45, 7) is 0. The van der Waals surface area contributed by atoms with E-state index >= 15 is 0 Å². The van der Waals surface area contributed by atoms with Crippen LogP contribution in [0.3, 0.4) is 0 Å². The van der Waals surface area contributed by atoms with Crippen LogP contribution in [-0.2, 0) is 0 Å². The zero-order valence-corrected chi connectivity index (χ0v) is 18.3. The Morgan fingerprint density at radius 2 is 1.74 bits per heavy atom. The molecule has 1 amide bonds. The lowest BCUT2D eigenvalue weighted by Gasteiger charge is -2.11. The Morgan fingerprint density at radius 3 is 2.60 bits per heavy atom. The largest absolute Gasteiger partial charge is 0.457 e. The van der Waals surface area contributed by atoms with Crippen LogP contribution in [0.4, 0.5) is 17.1 Å². The second-order valence-electron chi connectivity index (χ2n) is 7.56. The van der Waals surface area contributed by atoms with Crippen molar-refractivity contribution in [2.24, 2.45) is 0 Å². The number of anilines is 3. The topological polar surface area (TPSA) is 113 Å². The van der Waals surface area contributed by atoms with Crippen molar-refractivity contribution in [2.45, 2.75) is 0 Å². The second kappa shape index (κ2) is 9.68. The van der Waals surface area contributed by atoms with E-state index in [-0.39, 0.29) is 5.91 Å². The zero-order chi connectivity index (χ0) is 24.0. The Hall–Kier alpha value is -5.29. The van der Waals surface area contributed by atoms with Crippen LogP contribution in [0.1, 0.15) is 15.9 Å². The van der Waals surface area contributed by atoms with Gasteiger partial charge in [0.2, 0.25) is 0 Å². The summed E-state index contributed by atoms with van der Waals surface area (Å²) >= 11 is 0. The Balaban J connectivity index is 1.33. The van der Waals surface area contributed by atoms with E-state index in [0.717, 1.165) is 16.6 Å². The summed E-state index contributed by atoms with van der Waals surface area (Å²) < 4.78 is 5.80. The Kier molecular flexibility index (Phi) is 5.96. The summed E-state index contributed by atoms with van der Waals surface area (Å²) in [5.74, 6) is 0.925. The number of nitrogens with one attached hydrogen (secondary N) is 2. The molecule has 8 heteroatoms. The van der Waals surface area contributed by atoms with Gasteiger partial charge in [0.1, 0.15) is 11.5 Å². The number of carbonyl (C=O) groups is 1. The first-order valence-corrected chi connectivity index (χ1v) is 10.7. The minimum absolute atomic E-state index is 0.312. The molecule has 8 nitrogen and oxygen atoms in total. The van der Waals surface area contributed by atoms with E-state index in [1.807, 2.05) is 6.07 Å². The van der Waals surface area contributed by atoms with Crippen LogP contribution in [0, 0.1) is 11.3 Å². The number of carbonyl (C=O) groups excluding carboxylic acids is 1. The molecule has 5 aromatic rings. The van der Waals surface area contributed by atoms with Crippen molar-refractivity contribution in [2.75, 3.05) is 10.6 Å². The van der Waals surface area contributed by atoms with E-state index in [0.29, 0.717) is 34.0 Å². The molecule has 35 heavy (non-hydrogen) atoms. The molecule has 0 aliphatic carbocycles. The van der Waals surface area contributed by atoms with Crippen molar-refractivity contribution in [1.82, 2.24) is 15.0 Å². The average Bonchev–Trinajstić information content (AvgIpc) is 2.89. The molecule has 5 rings (SSSR count). The molecule has 0 aliphatic heterocycles. The van der Waals surface area contributed by atoms with Gasteiger partial charge in [-0.3, -0.25) is 19.7 Å². The van der Waals surface area contributed by atoms with Gasteiger partial charge in [-0.2, -0.15) is 5.26 Å². The van der Waals surface area contributed by atoms with Gasteiger partial charge in [0.15, 0.2) is 0 Å². The molecular formula is C27H18N6O2. The highest BCUT2D eigenvalue weighted by Crippen LogP contribution is 2.27. The van der Waals surface area contributed by atoms with Crippen LogP contribution < -0.4 is 15.4 Å². The Morgan fingerprint density at radius 1 is 0.857 bits per heavy atom. The highest BCUT2D eigenvalue weighted by atomic mass is 16.5. The number of nitrogens with zero attached hydrogens (tertiary/aromatic N) is 4. The third-order valence-corrected chi connectivity index (χ3v) is 5.13. The van der Waals surface area contributed by atoms with Crippen LogP contribution in [0.5, 0.6) is 11.5 Å². The maximum atomic E-state index is 12.9. The third-order valence-electron chi connectivity index (χ3n) is 5.13. The zero-order valence-electron chi connectivity index (χ0n) is 18.3. The predicted octanol–water partition coefficient (Wildman–Crippen LogP) is 5.68. The first-order chi connectivity index (χ1) is 17.2. The fraction of sp³-hybridized carbons (Fsp3) is 0. The molecule has 0 unspecified atom stereocenters. The van der Waals surface area contributed by atoms with Gasteiger partial charge >= 0.3 is 0 Å². The molecule has 0 atom stereocenters. The molecule has 0 bridgehead atoms. The molecule has 0 aliphatic rings. The summed E-state index contributed by atoms with van der Waals surface area (Å²) in [4.78, 5) is 25.4. The number of nitriles is 1. The SMILES string of the molecule is N#Cc1ccc2nccc(Nc3cncc(C(=O)Nc4cccc(Oc5ccncc5)c4)c3)c2c1. The van der Waals surface area contributed by atoms with E-state index < -0.39 is 0 Å². The van der Waals surface area contributed by atoms with E-state index in [1.165, 1.54) is 6.20 Å². The van der Waals surface area contributed by atoms with Crippen molar-refractivity contribution in [3.8, 4) is 17.6 Å². The second-order valence-corrected chi connectivity index (χ2v) is 7.56. The van der Waals surface area contributed by atoms with Gasteiger partial charge in [-0.1, -0.05) is 6.07 Å². The number of hydrogen-bond acceptors (Lipinski definition) is 7. The maximum absolute atomic E-state index is 12.9. The fourth-order valence-corrected chi connectivity index (χ4v) is 3.50. The van der Waals surface area contributed by atoms with Crippen molar-refractivity contribution in [3.05, 3.63) is 109 Å². The van der Waals surface area contributed by atoms with E-state index in [2.05, 4.69) is 31.7 Å². The van der Waals surface area contributed by atoms with Gasteiger partial charge in [-0.05, 0) is 54.6 Å². The summed E-state index contributed by atoms with van der Waals surface area (Å²) in [6, 6.07) is 21.6. The maximum Gasteiger partial charge on any atom is 0.257 e. The summed E-state index contributed by atoms with van der Waals surface area (Å²) in [5.41, 5.74) is 3.64. The molecule has 168 valence electrons. The smallest absolute Gasteiger partial charge is 0.257 e. The van der Waals surface area contributed by atoms with Crippen molar-refractivity contribution in [1.29, 1.82) is 5.26 Å². The van der Waals surface area contributed by atoms with Crippen LogP contribution >= 0.6 is 0 Å². The van der Waals surface area contributed by atoms with Gasteiger partial charge in [0.05, 0.1) is 34.6 Å². The van der Waals surface area contributed by atoms with Gasteiger partial charge in [-0.15, -0.1) is 0 Å².